The molecule has 0 fully saturated rings. The first-order valence-corrected chi connectivity index (χ1v) is 6.40. The molecule has 3 rings (SSSR count). The smallest absolute Gasteiger partial charge is 0.373 e. The Hall–Kier alpha value is -2.56. The largest absolute Gasteiger partial charge is 0.475 e. The van der Waals surface area contributed by atoms with Gasteiger partial charge in [-0.05, 0) is 12.5 Å². The van der Waals surface area contributed by atoms with Crippen LogP contribution in [0.1, 0.15) is 29.6 Å². The van der Waals surface area contributed by atoms with E-state index in [1.807, 2.05) is 31.2 Å². The summed E-state index contributed by atoms with van der Waals surface area (Å²) < 4.78 is 10.8. The van der Waals surface area contributed by atoms with Crippen molar-refractivity contribution in [3.05, 3.63) is 42.0 Å². The number of rotatable bonds is 4. The Morgan fingerprint density at radius 1 is 1.35 bits per heavy atom. The second-order valence-electron chi connectivity index (χ2n) is 4.50. The Kier molecular flexibility index (Phi) is 3.02. The molecule has 102 valence electrons. The van der Waals surface area contributed by atoms with Crippen molar-refractivity contribution in [3.63, 3.8) is 0 Å². The molecule has 0 amide bonds. The second kappa shape index (κ2) is 4.85. The number of para-hydroxylation sites is 1. The molecule has 0 radical (unpaired) electrons. The number of hydrogen-bond acceptors (Lipinski definition) is 4. The van der Waals surface area contributed by atoms with Crippen LogP contribution in [0.5, 0.6) is 0 Å². The molecule has 0 spiro atoms. The van der Waals surface area contributed by atoms with Crippen LogP contribution in [0.25, 0.3) is 22.4 Å². The first-order valence-electron chi connectivity index (χ1n) is 6.40. The monoisotopic (exact) mass is 271 g/mol. The predicted octanol–water partition coefficient (Wildman–Crippen LogP) is 3.74. The molecular weight excluding hydrogens is 258 g/mol. The van der Waals surface area contributed by atoms with Crippen LogP contribution in [-0.2, 0) is 6.42 Å². The van der Waals surface area contributed by atoms with Crippen molar-refractivity contribution in [1.29, 1.82) is 0 Å². The van der Waals surface area contributed by atoms with Crippen molar-refractivity contribution in [1.82, 2.24) is 4.98 Å². The lowest BCUT2D eigenvalue weighted by atomic mass is 10.2. The minimum Gasteiger partial charge on any atom is -0.475 e. The molecule has 0 aliphatic carbocycles. The maximum Gasteiger partial charge on any atom is 0.373 e. The summed E-state index contributed by atoms with van der Waals surface area (Å²) in [7, 11) is 0. The van der Waals surface area contributed by atoms with E-state index in [1.165, 1.54) is 6.26 Å². The zero-order chi connectivity index (χ0) is 14.1. The zero-order valence-corrected chi connectivity index (χ0v) is 10.9. The Morgan fingerprint density at radius 2 is 2.15 bits per heavy atom. The third-order valence-corrected chi connectivity index (χ3v) is 3.09. The van der Waals surface area contributed by atoms with Crippen LogP contribution in [0, 0.1) is 0 Å². The van der Waals surface area contributed by atoms with Gasteiger partial charge in [0.2, 0.25) is 11.7 Å². The summed E-state index contributed by atoms with van der Waals surface area (Å²) in [6.07, 6.45) is 2.91. The first kappa shape index (κ1) is 12.5. The van der Waals surface area contributed by atoms with Crippen LogP contribution < -0.4 is 0 Å². The first-order chi connectivity index (χ1) is 9.70. The van der Waals surface area contributed by atoms with Crippen LogP contribution >= 0.6 is 0 Å². The number of furan rings is 1. The van der Waals surface area contributed by atoms with Crippen molar-refractivity contribution in [2.75, 3.05) is 0 Å². The molecule has 0 aliphatic rings. The van der Waals surface area contributed by atoms with E-state index in [4.69, 9.17) is 13.9 Å². The van der Waals surface area contributed by atoms with Crippen LogP contribution in [0.15, 0.2) is 39.4 Å². The minimum absolute atomic E-state index is 0.0906. The Bertz CT molecular complexity index is 769. The van der Waals surface area contributed by atoms with Gasteiger partial charge in [-0.3, -0.25) is 0 Å². The molecule has 3 aromatic rings. The van der Waals surface area contributed by atoms with Crippen LogP contribution in [0.2, 0.25) is 0 Å². The number of fused-ring (bicyclic) bond motifs is 1. The normalized spacial score (nSPS) is 11.1. The zero-order valence-electron chi connectivity index (χ0n) is 10.9. The van der Waals surface area contributed by atoms with Crippen LogP contribution in [-0.4, -0.2) is 16.1 Å². The molecule has 0 aliphatic heterocycles. The molecule has 0 bridgehead atoms. The Balaban J connectivity index is 2.14. The fraction of sp³-hybridized carbons (Fsp3) is 0.200. The van der Waals surface area contributed by atoms with Gasteiger partial charge in [0.1, 0.15) is 11.8 Å². The van der Waals surface area contributed by atoms with Gasteiger partial charge in [0.05, 0.1) is 11.3 Å². The molecule has 0 atom stereocenters. The van der Waals surface area contributed by atoms with Crippen molar-refractivity contribution in [2.45, 2.75) is 19.8 Å². The van der Waals surface area contributed by atoms with Gasteiger partial charge < -0.3 is 13.9 Å². The third-order valence-electron chi connectivity index (χ3n) is 3.09. The maximum absolute atomic E-state index is 11.2. The van der Waals surface area contributed by atoms with E-state index in [9.17, 15) is 4.79 Å². The number of carbonyl (C=O) groups is 1. The molecule has 20 heavy (non-hydrogen) atoms. The molecule has 1 N–H and O–H groups in total. The second-order valence-corrected chi connectivity index (χ2v) is 4.50. The van der Waals surface area contributed by atoms with Crippen molar-refractivity contribution >= 4 is 16.9 Å². The van der Waals surface area contributed by atoms with Gasteiger partial charge in [0, 0.05) is 5.39 Å². The average molecular weight is 271 g/mol. The summed E-state index contributed by atoms with van der Waals surface area (Å²) in [5.74, 6) is -0.900. The number of oxazole rings is 1. The van der Waals surface area contributed by atoms with Crippen LogP contribution in [0.3, 0.4) is 0 Å². The highest BCUT2D eigenvalue weighted by Gasteiger charge is 2.21. The highest BCUT2D eigenvalue weighted by atomic mass is 16.4. The van der Waals surface area contributed by atoms with Gasteiger partial charge in [0.25, 0.3) is 0 Å². The number of aryl methyl sites for hydroxylation is 1. The number of aromatic nitrogens is 1. The molecule has 5 heteroatoms. The summed E-state index contributed by atoms with van der Waals surface area (Å²) in [6, 6.07) is 7.48. The number of carboxylic acid groups (broad SMARTS) is 1. The number of nitrogens with zero attached hydrogens (tertiary/aromatic N) is 1. The molecule has 0 unspecified atom stereocenters. The van der Waals surface area contributed by atoms with E-state index in [1.54, 1.807) is 0 Å². The molecular formula is C15H13NO4. The lowest BCUT2D eigenvalue weighted by Crippen LogP contribution is -1.99. The highest BCUT2D eigenvalue weighted by Crippen LogP contribution is 2.31. The summed E-state index contributed by atoms with van der Waals surface area (Å²) in [4.78, 5) is 15.5. The number of carboxylic acids is 1. The van der Waals surface area contributed by atoms with E-state index in [2.05, 4.69) is 4.98 Å². The lowest BCUT2D eigenvalue weighted by molar-refractivity contribution is 0.0661. The van der Waals surface area contributed by atoms with Gasteiger partial charge in [-0.25, -0.2) is 9.78 Å². The van der Waals surface area contributed by atoms with E-state index < -0.39 is 5.97 Å². The average Bonchev–Trinajstić information content (AvgIpc) is 3.02. The fourth-order valence-electron chi connectivity index (χ4n) is 2.18. The Labute approximate surface area is 114 Å². The number of hydrogen-bond donors (Lipinski definition) is 1. The van der Waals surface area contributed by atoms with Crippen molar-refractivity contribution in [2.24, 2.45) is 0 Å². The summed E-state index contributed by atoms with van der Waals surface area (Å²) >= 11 is 0. The standard InChI is InChI=1S/C15H13NO4/c1-2-5-11-13(15(17)18)20-14(16-11)10-8-19-12-7-4-3-6-9(10)12/h3-4,6-8H,2,5H2,1H3,(H,17,18). The van der Waals surface area contributed by atoms with Gasteiger partial charge in [-0.15, -0.1) is 0 Å². The van der Waals surface area contributed by atoms with E-state index in [0.29, 0.717) is 17.7 Å². The topological polar surface area (TPSA) is 76.5 Å². The molecule has 5 nitrogen and oxygen atoms in total. The third kappa shape index (κ3) is 1.97. The van der Waals surface area contributed by atoms with Gasteiger partial charge >= 0.3 is 5.97 Å². The van der Waals surface area contributed by atoms with E-state index in [-0.39, 0.29) is 11.7 Å². The summed E-state index contributed by atoms with van der Waals surface area (Å²) in [5, 5.41) is 10.0. The highest BCUT2D eigenvalue weighted by molar-refractivity contribution is 5.92. The van der Waals surface area contributed by atoms with Crippen LogP contribution in [0.4, 0.5) is 0 Å². The molecule has 0 saturated carbocycles. The van der Waals surface area contributed by atoms with Gasteiger partial charge in [0.15, 0.2) is 0 Å². The van der Waals surface area contributed by atoms with Crippen molar-refractivity contribution in [3.8, 4) is 11.5 Å². The van der Waals surface area contributed by atoms with Gasteiger partial charge in [-0.2, -0.15) is 0 Å². The molecule has 2 heterocycles. The lowest BCUT2D eigenvalue weighted by Gasteiger charge is -1.91. The summed E-state index contributed by atoms with van der Waals surface area (Å²) in [6.45, 7) is 1.97. The SMILES string of the molecule is CCCc1nc(-c2coc3ccccc23)oc1C(=O)O. The fourth-order valence-corrected chi connectivity index (χ4v) is 2.18. The van der Waals surface area contributed by atoms with E-state index in [0.717, 1.165) is 17.4 Å². The quantitative estimate of drug-likeness (QED) is 0.782. The van der Waals surface area contributed by atoms with Crippen molar-refractivity contribution < 1.29 is 18.7 Å². The molecule has 2 aromatic heterocycles. The van der Waals surface area contributed by atoms with Gasteiger partial charge in [-0.1, -0.05) is 31.5 Å². The minimum atomic E-state index is -1.10. The molecule has 0 saturated heterocycles. The Morgan fingerprint density at radius 3 is 2.90 bits per heavy atom. The predicted molar refractivity (Wildman–Crippen MR) is 72.7 cm³/mol. The summed E-state index contributed by atoms with van der Waals surface area (Å²) in [5.41, 5.74) is 1.86. The number of aromatic carboxylic acids is 1. The number of benzene rings is 1. The molecule has 1 aromatic carbocycles. The maximum atomic E-state index is 11.2. The van der Waals surface area contributed by atoms with E-state index >= 15 is 0 Å².